The molecule has 26 heavy (non-hydrogen) atoms. The van der Waals surface area contributed by atoms with Crippen LogP contribution in [0.4, 0.5) is 0 Å². The van der Waals surface area contributed by atoms with Crippen molar-refractivity contribution in [2.24, 2.45) is 0 Å². The molecule has 5 nitrogen and oxygen atoms in total. The first kappa shape index (κ1) is 19.1. The number of nitrogens with zero attached hydrogens (tertiary/aromatic N) is 2. The largest absolute Gasteiger partial charge is 0.761 e. The Bertz CT molecular complexity index is 852. The lowest BCUT2D eigenvalue weighted by atomic mass is 10.0. The highest BCUT2D eigenvalue weighted by Crippen LogP contribution is 2.47. The van der Waals surface area contributed by atoms with E-state index in [0.29, 0.717) is 24.0 Å². The summed E-state index contributed by atoms with van der Waals surface area (Å²) < 4.78 is 20.1. The second kappa shape index (κ2) is 7.53. The second-order valence-electron chi connectivity index (χ2n) is 7.74. The Morgan fingerprint density at radius 1 is 1.15 bits per heavy atom. The van der Waals surface area contributed by atoms with Gasteiger partial charge in [0.2, 0.25) is 7.75 Å². The molecule has 1 atom stereocenters. The molecule has 1 unspecified atom stereocenters. The molecule has 0 bridgehead atoms. The van der Waals surface area contributed by atoms with Crippen molar-refractivity contribution in [1.29, 1.82) is 0 Å². The number of likely N-dealkylation sites (N-methyl/N-ethyl adjacent to an activating group) is 1. The number of fused-ring (bicyclic) bond motifs is 1. The van der Waals surface area contributed by atoms with E-state index in [1.807, 2.05) is 45.4 Å². The van der Waals surface area contributed by atoms with Crippen LogP contribution in [0.5, 0.6) is 0 Å². The van der Waals surface area contributed by atoms with Gasteiger partial charge in [-0.1, -0.05) is 48.5 Å². The fraction of sp³-hybridized carbons (Fsp3) is 0.400. The van der Waals surface area contributed by atoms with Crippen LogP contribution < -0.4 is 4.89 Å². The van der Waals surface area contributed by atoms with Crippen molar-refractivity contribution >= 4 is 18.5 Å². The summed E-state index contributed by atoms with van der Waals surface area (Å²) in [5, 5.41) is 2.33. The molecule has 1 aliphatic rings. The zero-order valence-electron chi connectivity index (χ0n) is 15.7. The van der Waals surface area contributed by atoms with Gasteiger partial charge in [0.05, 0.1) is 21.1 Å². The molecule has 0 aromatic heterocycles. The van der Waals surface area contributed by atoms with E-state index in [-0.39, 0.29) is 6.61 Å². The number of hydrogen-bond acceptors (Lipinski definition) is 3. The number of benzene rings is 2. The molecule has 3 rings (SSSR count). The fourth-order valence-electron chi connectivity index (χ4n) is 3.19. The first-order valence-corrected chi connectivity index (χ1v) is 10.5. The average molecular weight is 374 g/mol. The topological polar surface area (TPSA) is 52.6 Å². The number of rotatable bonds is 7. The molecule has 2 aromatic rings. The molecular formula is C20H27N2O3P. The molecular weight excluding hydrogens is 347 g/mol. The highest BCUT2D eigenvalue weighted by molar-refractivity contribution is 7.48. The summed E-state index contributed by atoms with van der Waals surface area (Å²) in [7, 11) is 1.97. The van der Waals surface area contributed by atoms with E-state index in [1.165, 1.54) is 10.1 Å². The Balaban J connectivity index is 1.74. The molecule has 0 aliphatic carbocycles. The predicted molar refractivity (Wildman–Crippen MR) is 104 cm³/mol. The first-order chi connectivity index (χ1) is 12.3. The molecule has 2 aromatic carbocycles. The standard InChI is InChI=1S/C20H27N2O3P/c1-22(2,3)14-15-25-26(23,24)21-13-7-11-19(21)16-18-10-6-9-17-8-4-5-12-20(17)18/h4-6,8-12H,7,13-16H2,1-3H3. The van der Waals surface area contributed by atoms with Crippen molar-refractivity contribution in [3.8, 4) is 0 Å². The Morgan fingerprint density at radius 2 is 1.88 bits per heavy atom. The van der Waals surface area contributed by atoms with E-state index in [4.69, 9.17) is 4.52 Å². The highest BCUT2D eigenvalue weighted by Gasteiger charge is 2.26. The SMILES string of the molecule is C[N+](C)(C)CCOP(=O)([O-])N1CCC=C1Cc1cccc2ccccc12. The molecule has 0 fully saturated rings. The second-order valence-corrected chi connectivity index (χ2v) is 9.42. The molecule has 140 valence electrons. The first-order valence-electron chi connectivity index (χ1n) is 8.96. The zero-order valence-corrected chi connectivity index (χ0v) is 16.6. The normalized spacial score (nSPS) is 17.4. The van der Waals surface area contributed by atoms with Gasteiger partial charge in [0.25, 0.3) is 0 Å². The van der Waals surface area contributed by atoms with E-state index in [9.17, 15) is 9.46 Å². The summed E-state index contributed by atoms with van der Waals surface area (Å²) in [4.78, 5) is 12.7. The van der Waals surface area contributed by atoms with Gasteiger partial charge >= 0.3 is 0 Å². The van der Waals surface area contributed by atoms with Gasteiger partial charge in [0.15, 0.2) is 0 Å². The van der Waals surface area contributed by atoms with Crippen LogP contribution in [-0.2, 0) is 15.5 Å². The molecule has 1 heterocycles. The lowest BCUT2D eigenvalue weighted by Crippen LogP contribution is -2.38. The maximum Gasteiger partial charge on any atom is 0.232 e. The van der Waals surface area contributed by atoms with Crippen molar-refractivity contribution in [2.75, 3.05) is 40.8 Å². The Hall–Kier alpha value is -1.65. The summed E-state index contributed by atoms with van der Waals surface area (Å²) in [5.41, 5.74) is 1.94. The van der Waals surface area contributed by atoms with Crippen molar-refractivity contribution in [3.05, 3.63) is 59.8 Å². The van der Waals surface area contributed by atoms with E-state index in [1.54, 1.807) is 0 Å². The van der Waals surface area contributed by atoms with Gasteiger partial charge in [0.1, 0.15) is 13.2 Å². The number of hydrogen-bond donors (Lipinski definition) is 0. The molecule has 0 N–H and O–H groups in total. The monoisotopic (exact) mass is 374 g/mol. The summed E-state index contributed by atoms with van der Waals surface area (Å²) in [5.74, 6) is 0. The minimum absolute atomic E-state index is 0.197. The minimum Gasteiger partial charge on any atom is -0.761 e. The minimum atomic E-state index is -4.07. The van der Waals surface area contributed by atoms with Gasteiger partial charge in [-0.3, -0.25) is 4.57 Å². The van der Waals surface area contributed by atoms with Crippen molar-refractivity contribution < 1.29 is 18.5 Å². The molecule has 1 aliphatic heterocycles. The Labute approximate surface area is 155 Å². The molecule has 6 heteroatoms. The van der Waals surface area contributed by atoms with E-state index < -0.39 is 7.75 Å². The van der Waals surface area contributed by atoms with Crippen LogP contribution in [0.25, 0.3) is 10.8 Å². The van der Waals surface area contributed by atoms with E-state index in [0.717, 1.165) is 23.1 Å². The third kappa shape index (κ3) is 4.54. The number of quaternary nitrogens is 1. The lowest BCUT2D eigenvalue weighted by molar-refractivity contribution is -0.870. The van der Waals surface area contributed by atoms with Crippen LogP contribution in [0.3, 0.4) is 0 Å². The predicted octanol–water partition coefficient (Wildman–Crippen LogP) is 3.16. The van der Waals surface area contributed by atoms with Crippen LogP contribution in [0, 0.1) is 0 Å². The van der Waals surface area contributed by atoms with Crippen LogP contribution in [0.2, 0.25) is 0 Å². The Morgan fingerprint density at radius 3 is 2.65 bits per heavy atom. The lowest BCUT2D eigenvalue weighted by Gasteiger charge is -2.36. The van der Waals surface area contributed by atoms with Gasteiger partial charge in [-0.25, -0.2) is 0 Å². The smallest absolute Gasteiger partial charge is 0.232 e. The molecule has 0 spiro atoms. The maximum absolute atomic E-state index is 12.7. The summed E-state index contributed by atoms with van der Waals surface area (Å²) >= 11 is 0. The van der Waals surface area contributed by atoms with Crippen LogP contribution in [0.15, 0.2) is 54.2 Å². The molecule has 0 saturated carbocycles. The molecule has 0 saturated heterocycles. The van der Waals surface area contributed by atoms with Gasteiger partial charge in [-0.15, -0.1) is 0 Å². The van der Waals surface area contributed by atoms with Crippen molar-refractivity contribution in [3.63, 3.8) is 0 Å². The fourth-order valence-corrected chi connectivity index (χ4v) is 4.47. The average Bonchev–Trinajstić information content (AvgIpc) is 3.03. The van der Waals surface area contributed by atoms with Crippen LogP contribution >= 0.6 is 7.75 Å². The Kier molecular flexibility index (Phi) is 5.54. The van der Waals surface area contributed by atoms with Crippen molar-refractivity contribution in [1.82, 2.24) is 4.67 Å². The molecule has 0 amide bonds. The van der Waals surface area contributed by atoms with E-state index in [2.05, 4.69) is 24.3 Å². The van der Waals surface area contributed by atoms with Crippen LogP contribution in [-0.4, -0.2) is 50.0 Å². The molecule has 0 radical (unpaired) electrons. The van der Waals surface area contributed by atoms with Gasteiger partial charge < -0.3 is 18.6 Å². The summed E-state index contributed by atoms with van der Waals surface area (Å²) in [6.45, 7) is 1.30. The number of allylic oxidation sites excluding steroid dienone is 1. The third-order valence-corrected chi connectivity index (χ3v) is 6.17. The third-order valence-electron chi connectivity index (χ3n) is 4.62. The maximum atomic E-state index is 12.7. The van der Waals surface area contributed by atoms with Gasteiger partial charge in [-0.2, -0.15) is 0 Å². The quantitative estimate of drug-likeness (QED) is 0.552. The van der Waals surface area contributed by atoms with E-state index >= 15 is 0 Å². The van der Waals surface area contributed by atoms with Crippen molar-refractivity contribution in [2.45, 2.75) is 12.8 Å². The zero-order chi connectivity index (χ0) is 18.8. The summed E-state index contributed by atoms with van der Waals surface area (Å²) in [6, 6.07) is 14.3. The van der Waals surface area contributed by atoms with Crippen LogP contribution in [0.1, 0.15) is 12.0 Å². The van der Waals surface area contributed by atoms with Gasteiger partial charge in [-0.05, 0) is 22.8 Å². The van der Waals surface area contributed by atoms with Gasteiger partial charge in [0, 0.05) is 18.7 Å². The highest BCUT2D eigenvalue weighted by atomic mass is 31.2. The summed E-state index contributed by atoms with van der Waals surface area (Å²) in [6.07, 6.45) is 3.33.